The molecule has 0 N–H and O–H groups in total. The Balaban J connectivity index is 2.11. The first-order valence-corrected chi connectivity index (χ1v) is 7.29. The molecule has 0 spiro atoms. The molecule has 2 aromatic rings. The molecule has 0 aliphatic rings. The number of likely N-dealkylation sites (N-methyl/N-ethyl adjacent to an activating group) is 1. The van der Waals surface area contributed by atoms with Crippen molar-refractivity contribution in [1.82, 2.24) is 4.90 Å². The second-order valence-corrected chi connectivity index (χ2v) is 5.45. The van der Waals surface area contributed by atoms with Gasteiger partial charge in [0.15, 0.2) is 18.2 Å². The second kappa shape index (κ2) is 6.98. The highest BCUT2D eigenvalue weighted by atomic mass is 16.2. The van der Waals surface area contributed by atoms with Crippen molar-refractivity contribution in [3.63, 3.8) is 0 Å². The average molecular weight is 297 g/mol. The van der Waals surface area contributed by atoms with E-state index in [1.54, 1.807) is 34.8 Å². The van der Waals surface area contributed by atoms with E-state index in [2.05, 4.69) is 0 Å². The molecule has 1 aromatic carbocycles. The number of nitrogens with zero attached hydrogens (tertiary/aromatic N) is 2. The van der Waals surface area contributed by atoms with Crippen LogP contribution < -0.4 is 4.57 Å². The van der Waals surface area contributed by atoms with Gasteiger partial charge in [-0.25, -0.2) is 0 Å². The SMILES string of the molecule is CC(=O)c1ccc[n+]([C@@H](C)C(=O)N(C)Cc2ccccc2)c1. The van der Waals surface area contributed by atoms with Crippen molar-refractivity contribution in [2.45, 2.75) is 26.4 Å². The highest BCUT2D eigenvalue weighted by Crippen LogP contribution is 2.08. The lowest BCUT2D eigenvalue weighted by molar-refractivity contribution is -0.706. The predicted molar refractivity (Wildman–Crippen MR) is 84.3 cm³/mol. The van der Waals surface area contributed by atoms with Gasteiger partial charge in [-0.3, -0.25) is 9.59 Å². The van der Waals surface area contributed by atoms with Crippen LogP contribution in [0.4, 0.5) is 0 Å². The van der Waals surface area contributed by atoms with Gasteiger partial charge in [0, 0.05) is 26.6 Å². The predicted octanol–water partition coefficient (Wildman–Crippen LogP) is 2.40. The Kier molecular flexibility index (Phi) is 5.04. The van der Waals surface area contributed by atoms with E-state index < -0.39 is 0 Å². The van der Waals surface area contributed by atoms with Crippen molar-refractivity contribution in [2.75, 3.05) is 7.05 Å². The molecule has 0 saturated heterocycles. The molecule has 0 fully saturated rings. The lowest BCUT2D eigenvalue weighted by atomic mass is 10.2. The zero-order valence-corrected chi connectivity index (χ0v) is 13.2. The molecular weight excluding hydrogens is 276 g/mol. The van der Waals surface area contributed by atoms with Crippen LogP contribution in [0, 0.1) is 0 Å². The van der Waals surface area contributed by atoms with E-state index in [0.717, 1.165) is 5.56 Å². The minimum Gasteiger partial charge on any atom is -0.336 e. The third kappa shape index (κ3) is 3.79. The molecule has 0 aliphatic heterocycles. The van der Waals surface area contributed by atoms with Gasteiger partial charge in [0.1, 0.15) is 0 Å². The maximum absolute atomic E-state index is 12.5. The summed E-state index contributed by atoms with van der Waals surface area (Å²) < 4.78 is 1.78. The number of ketones is 1. The first-order chi connectivity index (χ1) is 10.5. The van der Waals surface area contributed by atoms with Crippen molar-refractivity contribution in [2.24, 2.45) is 0 Å². The van der Waals surface area contributed by atoms with E-state index in [-0.39, 0.29) is 17.7 Å². The Labute approximate surface area is 131 Å². The molecule has 1 atom stereocenters. The van der Waals surface area contributed by atoms with Crippen LogP contribution in [0.15, 0.2) is 54.9 Å². The fraction of sp³-hybridized carbons (Fsp3) is 0.278. The van der Waals surface area contributed by atoms with Crippen molar-refractivity contribution in [3.05, 3.63) is 66.0 Å². The van der Waals surface area contributed by atoms with E-state index >= 15 is 0 Å². The summed E-state index contributed by atoms with van der Waals surface area (Å²) in [6, 6.07) is 13.1. The Hall–Kier alpha value is -2.49. The third-order valence-electron chi connectivity index (χ3n) is 3.67. The number of aromatic nitrogens is 1. The van der Waals surface area contributed by atoms with Crippen LogP contribution >= 0.6 is 0 Å². The largest absolute Gasteiger partial charge is 0.336 e. The van der Waals surface area contributed by atoms with E-state index in [0.29, 0.717) is 12.1 Å². The highest BCUT2D eigenvalue weighted by Gasteiger charge is 2.25. The summed E-state index contributed by atoms with van der Waals surface area (Å²) in [7, 11) is 1.79. The van der Waals surface area contributed by atoms with Gasteiger partial charge in [0.05, 0.1) is 5.56 Å². The summed E-state index contributed by atoms with van der Waals surface area (Å²) in [6.07, 6.45) is 3.53. The van der Waals surface area contributed by atoms with Crippen LogP contribution in [0.25, 0.3) is 0 Å². The molecule has 2 rings (SSSR count). The highest BCUT2D eigenvalue weighted by molar-refractivity contribution is 5.93. The summed E-state index contributed by atoms with van der Waals surface area (Å²) in [5.74, 6) is 0.00111. The van der Waals surface area contributed by atoms with Crippen molar-refractivity contribution < 1.29 is 14.2 Å². The second-order valence-electron chi connectivity index (χ2n) is 5.45. The van der Waals surface area contributed by atoms with Crippen LogP contribution in [0.3, 0.4) is 0 Å². The molecule has 4 heteroatoms. The normalized spacial score (nSPS) is 11.8. The number of hydrogen-bond acceptors (Lipinski definition) is 2. The van der Waals surface area contributed by atoms with Gasteiger partial charge in [-0.05, 0) is 18.6 Å². The zero-order valence-electron chi connectivity index (χ0n) is 13.2. The van der Waals surface area contributed by atoms with E-state index in [4.69, 9.17) is 0 Å². The standard InChI is InChI=1S/C18H21N2O2/c1-14(20-11-7-10-17(13-20)15(2)21)18(22)19(3)12-16-8-5-4-6-9-16/h4-11,13-14H,12H2,1-3H3/q+1/t14-/m0/s1. The molecule has 0 radical (unpaired) electrons. The first kappa shape index (κ1) is 15.9. The molecule has 4 nitrogen and oxygen atoms in total. The number of carbonyl (C=O) groups excluding carboxylic acids is 2. The number of amides is 1. The van der Waals surface area contributed by atoms with Gasteiger partial charge in [-0.2, -0.15) is 4.57 Å². The zero-order chi connectivity index (χ0) is 16.1. The van der Waals surface area contributed by atoms with Crippen LogP contribution in [0.1, 0.15) is 35.8 Å². The third-order valence-corrected chi connectivity index (χ3v) is 3.67. The van der Waals surface area contributed by atoms with Crippen LogP contribution in [0.2, 0.25) is 0 Å². The Morgan fingerprint density at radius 2 is 1.82 bits per heavy atom. The number of rotatable bonds is 5. The number of benzene rings is 1. The maximum atomic E-state index is 12.5. The van der Waals surface area contributed by atoms with Gasteiger partial charge in [0.2, 0.25) is 6.04 Å². The number of Topliss-reactive ketones (excluding diaryl/α,β-unsaturated/α-hetero) is 1. The summed E-state index contributed by atoms with van der Waals surface area (Å²) in [5, 5.41) is 0. The van der Waals surface area contributed by atoms with Gasteiger partial charge in [-0.15, -0.1) is 0 Å². The Morgan fingerprint density at radius 1 is 1.14 bits per heavy atom. The molecule has 0 unspecified atom stereocenters. The van der Waals surface area contributed by atoms with Gasteiger partial charge in [0.25, 0.3) is 5.91 Å². The molecule has 0 aliphatic carbocycles. The molecule has 1 heterocycles. The van der Waals surface area contributed by atoms with Crippen molar-refractivity contribution in [1.29, 1.82) is 0 Å². The van der Waals surface area contributed by atoms with Gasteiger partial charge in [-0.1, -0.05) is 30.3 Å². The maximum Gasteiger partial charge on any atom is 0.291 e. The number of hydrogen-bond donors (Lipinski definition) is 0. The quantitative estimate of drug-likeness (QED) is 0.628. The van der Waals surface area contributed by atoms with E-state index in [1.165, 1.54) is 6.92 Å². The topological polar surface area (TPSA) is 41.3 Å². The molecule has 1 aromatic heterocycles. The number of carbonyl (C=O) groups is 2. The Bertz CT molecular complexity index is 668. The summed E-state index contributed by atoms with van der Waals surface area (Å²) in [5.41, 5.74) is 1.70. The Morgan fingerprint density at radius 3 is 2.45 bits per heavy atom. The molecule has 0 saturated carbocycles. The molecule has 114 valence electrons. The molecule has 22 heavy (non-hydrogen) atoms. The van der Waals surface area contributed by atoms with Crippen LogP contribution in [0.5, 0.6) is 0 Å². The van der Waals surface area contributed by atoms with E-state index in [1.807, 2.05) is 43.5 Å². The smallest absolute Gasteiger partial charge is 0.291 e. The van der Waals surface area contributed by atoms with Crippen LogP contribution in [-0.4, -0.2) is 23.6 Å². The monoisotopic (exact) mass is 297 g/mol. The van der Waals surface area contributed by atoms with Gasteiger partial charge < -0.3 is 4.90 Å². The summed E-state index contributed by atoms with van der Waals surface area (Å²) in [6.45, 7) is 3.93. The fourth-order valence-electron chi connectivity index (χ4n) is 2.32. The molecular formula is C18H21N2O2+. The minimum absolute atomic E-state index is 0.00774. The molecule has 1 amide bonds. The lowest BCUT2D eigenvalue weighted by Crippen LogP contribution is -2.47. The molecule has 0 bridgehead atoms. The summed E-state index contributed by atoms with van der Waals surface area (Å²) in [4.78, 5) is 25.7. The average Bonchev–Trinajstić information content (AvgIpc) is 2.54. The van der Waals surface area contributed by atoms with E-state index in [9.17, 15) is 9.59 Å². The first-order valence-electron chi connectivity index (χ1n) is 7.29. The van der Waals surface area contributed by atoms with Crippen molar-refractivity contribution >= 4 is 11.7 Å². The minimum atomic E-state index is -0.354. The number of pyridine rings is 1. The lowest BCUT2D eigenvalue weighted by Gasteiger charge is -2.19. The summed E-state index contributed by atoms with van der Waals surface area (Å²) >= 11 is 0. The fourth-order valence-corrected chi connectivity index (χ4v) is 2.32. The van der Waals surface area contributed by atoms with Crippen molar-refractivity contribution in [3.8, 4) is 0 Å². The van der Waals surface area contributed by atoms with Crippen LogP contribution in [-0.2, 0) is 11.3 Å². The van der Waals surface area contributed by atoms with Gasteiger partial charge >= 0.3 is 0 Å².